The topological polar surface area (TPSA) is 91.7 Å². The highest BCUT2D eigenvalue weighted by molar-refractivity contribution is 6.05. The summed E-state index contributed by atoms with van der Waals surface area (Å²) < 4.78 is 32.8. The van der Waals surface area contributed by atoms with Crippen LogP contribution in [0.25, 0.3) is 11.0 Å². The van der Waals surface area contributed by atoms with Gasteiger partial charge in [-0.3, -0.25) is 9.59 Å². The van der Waals surface area contributed by atoms with E-state index in [9.17, 15) is 18.4 Å². The fourth-order valence-electron chi connectivity index (χ4n) is 4.52. The molecule has 35 heavy (non-hydrogen) atoms. The van der Waals surface area contributed by atoms with Gasteiger partial charge in [-0.15, -0.1) is 0 Å². The molecule has 3 aromatic rings. The van der Waals surface area contributed by atoms with Crippen molar-refractivity contribution in [2.45, 2.75) is 19.6 Å². The van der Waals surface area contributed by atoms with Gasteiger partial charge in [-0.05, 0) is 44.3 Å². The van der Waals surface area contributed by atoms with Gasteiger partial charge in [0.1, 0.15) is 17.0 Å². The van der Waals surface area contributed by atoms with Gasteiger partial charge >= 0.3 is 6.61 Å². The first kappa shape index (κ1) is 23.0. The lowest BCUT2D eigenvalue weighted by atomic mass is 10.2. The molecule has 11 heteroatoms. The van der Waals surface area contributed by atoms with E-state index in [1.807, 2.05) is 14.0 Å². The highest BCUT2D eigenvalue weighted by Gasteiger charge is 2.26. The number of alkyl halides is 2. The molecular formula is C24H26F2N6O3. The average Bonchev–Trinajstić information content (AvgIpc) is 3.23. The molecule has 2 N–H and O–H groups in total. The molecule has 2 aliphatic heterocycles. The molecule has 0 radical (unpaired) electrons. The largest absolute Gasteiger partial charge is 0.433 e. The van der Waals surface area contributed by atoms with Crippen LogP contribution in [0.2, 0.25) is 0 Å². The second-order valence-electron chi connectivity index (χ2n) is 8.87. The second kappa shape index (κ2) is 9.14. The minimum absolute atomic E-state index is 0.0285. The number of rotatable bonds is 5. The maximum atomic E-state index is 13.2. The number of piperazine rings is 1. The van der Waals surface area contributed by atoms with Crippen molar-refractivity contribution in [2.75, 3.05) is 50.0 Å². The predicted molar refractivity (Wildman–Crippen MR) is 128 cm³/mol. The predicted octanol–water partition coefficient (Wildman–Crippen LogP) is 2.95. The van der Waals surface area contributed by atoms with Gasteiger partial charge in [0.2, 0.25) is 0 Å². The molecule has 9 nitrogen and oxygen atoms in total. The molecule has 1 fully saturated rings. The number of anilines is 2. The zero-order valence-corrected chi connectivity index (χ0v) is 19.4. The van der Waals surface area contributed by atoms with Crippen molar-refractivity contribution in [3.63, 3.8) is 0 Å². The van der Waals surface area contributed by atoms with Crippen LogP contribution in [-0.2, 0) is 0 Å². The second-order valence-corrected chi connectivity index (χ2v) is 8.87. The van der Waals surface area contributed by atoms with Crippen LogP contribution in [0.1, 0.15) is 33.9 Å². The van der Waals surface area contributed by atoms with Crippen LogP contribution in [0.5, 0.6) is 5.75 Å². The molecule has 4 heterocycles. The normalized spacial score (nSPS) is 18.5. The SMILES string of the molecule is C[C@@H]1CNC(=O)c2cc3ccc(C(=O)Nc4ccc(N5CCN(C)CC5)cc4OC(F)F)nc3n21. The van der Waals surface area contributed by atoms with E-state index in [0.29, 0.717) is 17.9 Å². The van der Waals surface area contributed by atoms with E-state index in [4.69, 9.17) is 4.74 Å². The van der Waals surface area contributed by atoms with Crippen molar-refractivity contribution < 1.29 is 23.1 Å². The molecule has 1 saturated heterocycles. The standard InChI is InChI=1S/C24H26F2N6O3/c1-14-13-27-23(34)19-11-15-3-5-18(28-21(15)32(14)19)22(33)29-17-6-4-16(12-20(17)35-24(25)26)31-9-7-30(2)8-10-31/h3-6,11-12,14,24H,7-10,13H2,1-2H3,(H,27,34)(H,29,33)/t14-/m1/s1. The van der Waals surface area contributed by atoms with Gasteiger partial charge in [0.25, 0.3) is 11.8 Å². The fourth-order valence-corrected chi connectivity index (χ4v) is 4.52. The summed E-state index contributed by atoms with van der Waals surface area (Å²) in [5.41, 5.74) is 1.97. The Morgan fingerprint density at radius 1 is 1.17 bits per heavy atom. The zero-order chi connectivity index (χ0) is 24.7. The lowest BCUT2D eigenvalue weighted by Gasteiger charge is -2.34. The molecule has 2 amide bonds. The van der Waals surface area contributed by atoms with Crippen molar-refractivity contribution in [1.82, 2.24) is 19.8 Å². The number of ether oxygens (including phenoxy) is 1. The number of hydrogen-bond acceptors (Lipinski definition) is 6. The van der Waals surface area contributed by atoms with E-state index in [0.717, 1.165) is 37.3 Å². The Labute approximate surface area is 200 Å². The third-order valence-corrected chi connectivity index (χ3v) is 6.45. The number of aromatic nitrogens is 2. The quantitative estimate of drug-likeness (QED) is 0.579. The number of likely N-dealkylation sites (N-methyl/N-ethyl adjacent to an activating group) is 1. The summed E-state index contributed by atoms with van der Waals surface area (Å²) in [6.07, 6.45) is 0. The average molecular weight is 485 g/mol. The van der Waals surface area contributed by atoms with Crippen molar-refractivity contribution in [2.24, 2.45) is 0 Å². The van der Waals surface area contributed by atoms with Crippen molar-refractivity contribution in [3.05, 3.63) is 47.8 Å². The Morgan fingerprint density at radius 2 is 1.94 bits per heavy atom. The van der Waals surface area contributed by atoms with Gasteiger partial charge in [0.05, 0.1) is 11.7 Å². The Morgan fingerprint density at radius 3 is 2.69 bits per heavy atom. The van der Waals surface area contributed by atoms with Crippen LogP contribution in [0.15, 0.2) is 36.4 Å². The first-order valence-electron chi connectivity index (χ1n) is 11.4. The minimum Gasteiger partial charge on any atom is -0.433 e. The third kappa shape index (κ3) is 4.51. The summed E-state index contributed by atoms with van der Waals surface area (Å²) in [7, 11) is 2.03. The van der Waals surface area contributed by atoms with E-state index in [1.165, 1.54) is 6.07 Å². The number of hydrogen-bond donors (Lipinski definition) is 2. The minimum atomic E-state index is -3.04. The van der Waals surface area contributed by atoms with Crippen molar-refractivity contribution in [3.8, 4) is 5.75 Å². The smallest absolute Gasteiger partial charge is 0.387 e. The van der Waals surface area contributed by atoms with Gasteiger partial charge in [0.15, 0.2) is 5.75 Å². The van der Waals surface area contributed by atoms with E-state index in [1.54, 1.807) is 34.9 Å². The summed E-state index contributed by atoms with van der Waals surface area (Å²) in [4.78, 5) is 34.0. The Balaban J connectivity index is 1.42. The Bertz CT molecular complexity index is 1290. The molecule has 2 aliphatic rings. The first-order valence-corrected chi connectivity index (χ1v) is 11.4. The molecule has 0 unspecified atom stereocenters. The number of fused-ring (bicyclic) bond motifs is 3. The summed E-state index contributed by atoms with van der Waals surface area (Å²) in [5, 5.41) is 6.21. The van der Waals surface area contributed by atoms with Gasteiger partial charge in [-0.2, -0.15) is 8.78 Å². The zero-order valence-electron chi connectivity index (χ0n) is 19.4. The number of pyridine rings is 1. The molecule has 0 saturated carbocycles. The molecule has 0 bridgehead atoms. The highest BCUT2D eigenvalue weighted by atomic mass is 19.3. The summed E-state index contributed by atoms with van der Waals surface area (Å²) in [5.74, 6) is -0.876. The lowest BCUT2D eigenvalue weighted by molar-refractivity contribution is -0.0493. The monoisotopic (exact) mass is 484 g/mol. The molecule has 1 aromatic carbocycles. The number of halogens is 2. The van der Waals surface area contributed by atoms with E-state index < -0.39 is 12.5 Å². The molecule has 184 valence electrons. The van der Waals surface area contributed by atoms with E-state index in [-0.39, 0.29) is 29.1 Å². The summed E-state index contributed by atoms with van der Waals surface area (Å²) >= 11 is 0. The van der Waals surface area contributed by atoms with E-state index >= 15 is 0 Å². The molecule has 1 atom stereocenters. The molecule has 0 aliphatic carbocycles. The molecular weight excluding hydrogens is 458 g/mol. The van der Waals surface area contributed by atoms with Crippen LogP contribution < -0.4 is 20.3 Å². The maximum Gasteiger partial charge on any atom is 0.387 e. The van der Waals surface area contributed by atoms with Gasteiger partial charge in [-0.1, -0.05) is 0 Å². The maximum absolute atomic E-state index is 13.2. The summed E-state index contributed by atoms with van der Waals surface area (Å²) in [6, 6.07) is 9.83. The number of nitrogens with one attached hydrogen (secondary N) is 2. The lowest BCUT2D eigenvalue weighted by Crippen LogP contribution is -2.44. The van der Waals surface area contributed by atoms with Crippen LogP contribution in [0.4, 0.5) is 20.2 Å². The Kier molecular flexibility index (Phi) is 6.01. The van der Waals surface area contributed by atoms with Crippen LogP contribution >= 0.6 is 0 Å². The molecule has 0 spiro atoms. The Hall–Kier alpha value is -3.73. The first-order chi connectivity index (χ1) is 16.8. The van der Waals surface area contributed by atoms with Crippen molar-refractivity contribution >= 4 is 34.2 Å². The number of amides is 2. The molecule has 5 rings (SSSR count). The van der Waals surface area contributed by atoms with Gasteiger partial charge in [0, 0.05) is 49.9 Å². The number of carbonyl (C=O) groups excluding carboxylic acids is 2. The van der Waals surface area contributed by atoms with Crippen LogP contribution in [0.3, 0.4) is 0 Å². The number of benzene rings is 1. The third-order valence-electron chi connectivity index (χ3n) is 6.45. The highest BCUT2D eigenvalue weighted by Crippen LogP contribution is 2.32. The summed E-state index contributed by atoms with van der Waals surface area (Å²) in [6.45, 7) is 2.62. The van der Waals surface area contributed by atoms with Crippen LogP contribution in [0, 0.1) is 0 Å². The molecule has 2 aromatic heterocycles. The number of nitrogens with zero attached hydrogens (tertiary/aromatic N) is 4. The number of carbonyl (C=O) groups is 2. The van der Waals surface area contributed by atoms with Crippen molar-refractivity contribution in [1.29, 1.82) is 0 Å². The van der Waals surface area contributed by atoms with Crippen LogP contribution in [-0.4, -0.2) is 72.6 Å². The van der Waals surface area contributed by atoms with E-state index in [2.05, 4.69) is 25.4 Å². The van der Waals surface area contributed by atoms with Gasteiger partial charge in [-0.25, -0.2) is 4.98 Å². The fraction of sp³-hybridized carbons (Fsp3) is 0.375. The van der Waals surface area contributed by atoms with Gasteiger partial charge < -0.3 is 29.7 Å².